The Morgan fingerprint density at radius 2 is 1.27 bits per heavy atom. The van der Waals surface area contributed by atoms with Crippen LogP contribution in [-0.2, 0) is 0 Å². The molecule has 0 bridgehead atoms. The minimum atomic E-state index is 0.207. The number of thiophene rings is 1. The summed E-state index contributed by atoms with van der Waals surface area (Å²) in [6, 6.07) is 50.2. The quantitative estimate of drug-likeness (QED) is 0.193. The summed E-state index contributed by atoms with van der Waals surface area (Å²) >= 11 is 1.83. The predicted octanol–water partition coefficient (Wildman–Crippen LogP) is 11.7. The van der Waals surface area contributed by atoms with E-state index in [1.807, 2.05) is 11.3 Å². The molecular formula is C44H29N3S. The molecule has 8 aromatic rings. The molecule has 0 spiro atoms. The van der Waals surface area contributed by atoms with Gasteiger partial charge in [-0.2, -0.15) is 0 Å². The number of hydrogen-bond acceptors (Lipinski definition) is 4. The van der Waals surface area contributed by atoms with Crippen molar-refractivity contribution in [2.45, 2.75) is 12.0 Å². The van der Waals surface area contributed by atoms with Crippen molar-refractivity contribution in [1.82, 2.24) is 9.97 Å². The number of anilines is 2. The average Bonchev–Trinajstić information content (AvgIpc) is 3.70. The van der Waals surface area contributed by atoms with Gasteiger partial charge in [0.15, 0.2) is 5.82 Å². The molecule has 0 fully saturated rings. The molecular weight excluding hydrogens is 603 g/mol. The standard InChI is InChI=1S/C44H29N3S/c1-2-12-28(13-3-1)29-22-24-30(25-23-29)42-35-17-4-8-18-38(35)45-44(46-42)37-27-31(26-36-34-16-7-11-21-41(34)48-43(36)37)47-39-19-9-5-14-32(39)33-15-6-10-20-40(33)47/h1-27,32,39H. The molecule has 1 aliphatic heterocycles. The summed E-state index contributed by atoms with van der Waals surface area (Å²) < 4.78 is 2.48. The van der Waals surface area contributed by atoms with Crippen LogP contribution in [-0.4, -0.2) is 16.0 Å². The first-order chi connectivity index (χ1) is 23.8. The molecule has 2 aromatic heterocycles. The van der Waals surface area contributed by atoms with E-state index >= 15 is 0 Å². The van der Waals surface area contributed by atoms with E-state index in [-0.39, 0.29) is 6.04 Å². The van der Waals surface area contributed by atoms with Gasteiger partial charge in [-0.15, -0.1) is 11.3 Å². The summed E-state index contributed by atoms with van der Waals surface area (Å²) in [4.78, 5) is 13.2. The van der Waals surface area contributed by atoms with Crippen molar-refractivity contribution in [3.8, 4) is 33.8 Å². The maximum Gasteiger partial charge on any atom is 0.161 e. The lowest BCUT2D eigenvalue weighted by molar-refractivity contribution is 0.745. The fourth-order valence-corrected chi connectivity index (χ4v) is 8.77. The third kappa shape index (κ3) is 4.27. The first-order valence-corrected chi connectivity index (χ1v) is 17.2. The smallest absolute Gasteiger partial charge is 0.161 e. The van der Waals surface area contributed by atoms with Gasteiger partial charge >= 0.3 is 0 Å². The van der Waals surface area contributed by atoms with E-state index in [0.717, 1.165) is 39.2 Å². The second kappa shape index (κ2) is 10.9. The highest BCUT2D eigenvalue weighted by atomic mass is 32.1. The van der Waals surface area contributed by atoms with Crippen LogP contribution in [0.5, 0.6) is 0 Å². The molecule has 0 N–H and O–H groups in total. The van der Waals surface area contributed by atoms with E-state index in [0.29, 0.717) is 5.92 Å². The SMILES string of the molecule is C1=CC2c3ccccc3N(c3cc(-c4nc(-c5ccc(-c6ccccc6)cc5)c5ccccc5n4)c4sc5ccccc5c4c3)C2C=C1. The van der Waals surface area contributed by atoms with Crippen LogP contribution >= 0.6 is 11.3 Å². The molecule has 48 heavy (non-hydrogen) atoms. The van der Waals surface area contributed by atoms with Gasteiger partial charge in [-0.05, 0) is 47.0 Å². The van der Waals surface area contributed by atoms with Crippen LogP contribution in [0.4, 0.5) is 11.4 Å². The third-order valence-corrected chi connectivity index (χ3v) is 11.0. The molecule has 226 valence electrons. The van der Waals surface area contributed by atoms with Crippen molar-refractivity contribution in [3.63, 3.8) is 0 Å². The maximum absolute atomic E-state index is 5.41. The topological polar surface area (TPSA) is 29.0 Å². The van der Waals surface area contributed by atoms with Crippen LogP contribution in [0.3, 0.4) is 0 Å². The highest BCUT2D eigenvalue weighted by Gasteiger charge is 2.37. The average molecular weight is 632 g/mol. The van der Waals surface area contributed by atoms with Crippen molar-refractivity contribution in [3.05, 3.63) is 169 Å². The van der Waals surface area contributed by atoms with E-state index in [4.69, 9.17) is 9.97 Å². The number of allylic oxidation sites excluding steroid dienone is 2. The Kier molecular flexibility index (Phi) is 6.18. The number of para-hydroxylation sites is 2. The summed E-state index contributed by atoms with van der Waals surface area (Å²) in [6.45, 7) is 0. The molecule has 1 aliphatic carbocycles. The van der Waals surface area contributed by atoms with Gasteiger partial charge in [-0.3, -0.25) is 0 Å². The Hall–Kier alpha value is -5.84. The second-order valence-corrected chi connectivity index (χ2v) is 13.6. The number of aromatic nitrogens is 2. The molecule has 6 aromatic carbocycles. The lowest BCUT2D eigenvalue weighted by Crippen LogP contribution is -2.28. The highest BCUT2D eigenvalue weighted by Crippen LogP contribution is 2.50. The third-order valence-electron chi connectivity index (χ3n) is 9.81. The van der Waals surface area contributed by atoms with E-state index < -0.39 is 0 Å². The molecule has 2 atom stereocenters. The molecule has 0 radical (unpaired) electrons. The lowest BCUT2D eigenvalue weighted by atomic mass is 9.91. The van der Waals surface area contributed by atoms with Crippen LogP contribution in [0, 0.1) is 0 Å². The monoisotopic (exact) mass is 631 g/mol. The van der Waals surface area contributed by atoms with Crippen LogP contribution in [0.1, 0.15) is 11.5 Å². The van der Waals surface area contributed by atoms with Crippen molar-refractivity contribution in [1.29, 1.82) is 0 Å². The minimum Gasteiger partial charge on any atom is -0.333 e. The fraction of sp³-hybridized carbons (Fsp3) is 0.0455. The Labute approximate surface area is 282 Å². The van der Waals surface area contributed by atoms with E-state index in [1.54, 1.807) is 0 Å². The molecule has 2 aliphatic rings. The second-order valence-electron chi connectivity index (χ2n) is 12.5. The number of fused-ring (bicyclic) bond motifs is 7. The molecule has 0 amide bonds. The summed E-state index contributed by atoms with van der Waals surface area (Å²) in [5, 5.41) is 3.55. The van der Waals surface area contributed by atoms with Crippen molar-refractivity contribution in [2.24, 2.45) is 0 Å². The zero-order valence-corrected chi connectivity index (χ0v) is 26.8. The molecule has 10 rings (SSSR count). The molecule has 3 nitrogen and oxygen atoms in total. The van der Waals surface area contributed by atoms with Crippen molar-refractivity contribution in [2.75, 3.05) is 4.90 Å². The molecule has 2 unspecified atom stereocenters. The summed E-state index contributed by atoms with van der Waals surface area (Å²) in [5.74, 6) is 1.06. The number of hydrogen-bond donors (Lipinski definition) is 0. The Morgan fingerprint density at radius 1 is 0.562 bits per heavy atom. The molecule has 3 heterocycles. The lowest BCUT2D eigenvalue weighted by Gasteiger charge is -2.29. The Balaban J connectivity index is 1.21. The fourth-order valence-electron chi connectivity index (χ4n) is 7.58. The number of benzene rings is 6. The van der Waals surface area contributed by atoms with Crippen molar-refractivity contribution < 1.29 is 0 Å². The zero-order chi connectivity index (χ0) is 31.6. The summed E-state index contributed by atoms with van der Waals surface area (Å²) in [5.41, 5.74) is 10.2. The highest BCUT2D eigenvalue weighted by molar-refractivity contribution is 7.26. The Morgan fingerprint density at radius 3 is 2.17 bits per heavy atom. The first-order valence-electron chi connectivity index (χ1n) is 16.4. The molecule has 0 saturated heterocycles. The Bertz CT molecular complexity index is 2580. The first kappa shape index (κ1) is 27.3. The van der Waals surface area contributed by atoms with Gasteiger partial charge in [0.25, 0.3) is 0 Å². The molecule has 0 saturated carbocycles. The minimum absolute atomic E-state index is 0.207. The van der Waals surface area contributed by atoms with Crippen molar-refractivity contribution >= 4 is 53.8 Å². The van der Waals surface area contributed by atoms with Crippen LogP contribution in [0.2, 0.25) is 0 Å². The van der Waals surface area contributed by atoms with Gasteiger partial charge in [0.1, 0.15) is 0 Å². The summed E-state index contributed by atoms with van der Waals surface area (Å²) in [6.07, 6.45) is 9.04. The normalized spacial score (nSPS) is 16.5. The zero-order valence-electron chi connectivity index (χ0n) is 26.0. The van der Waals surface area contributed by atoms with Gasteiger partial charge in [-0.25, -0.2) is 9.97 Å². The number of nitrogens with zero attached hydrogens (tertiary/aromatic N) is 3. The number of rotatable bonds is 4. The predicted molar refractivity (Wildman–Crippen MR) is 202 cm³/mol. The van der Waals surface area contributed by atoms with Crippen LogP contribution < -0.4 is 4.90 Å². The van der Waals surface area contributed by atoms with Gasteiger partial charge in [0.2, 0.25) is 0 Å². The van der Waals surface area contributed by atoms with Gasteiger partial charge < -0.3 is 4.90 Å². The van der Waals surface area contributed by atoms with Gasteiger partial charge in [0, 0.05) is 54.0 Å². The van der Waals surface area contributed by atoms with E-state index in [1.165, 1.54) is 42.6 Å². The van der Waals surface area contributed by atoms with Crippen LogP contribution in [0.25, 0.3) is 64.8 Å². The van der Waals surface area contributed by atoms with E-state index in [9.17, 15) is 0 Å². The van der Waals surface area contributed by atoms with E-state index in [2.05, 4.69) is 169 Å². The molecule has 4 heteroatoms. The van der Waals surface area contributed by atoms with Crippen LogP contribution in [0.15, 0.2) is 164 Å². The largest absolute Gasteiger partial charge is 0.333 e. The maximum atomic E-state index is 5.41. The summed E-state index contributed by atoms with van der Waals surface area (Å²) in [7, 11) is 0. The van der Waals surface area contributed by atoms with Gasteiger partial charge in [0.05, 0.1) is 17.3 Å². The van der Waals surface area contributed by atoms with Gasteiger partial charge in [-0.1, -0.05) is 133 Å².